The van der Waals surface area contributed by atoms with Gasteiger partial charge in [0.05, 0.1) is 0 Å². The van der Waals surface area contributed by atoms with Gasteiger partial charge in [-0.3, -0.25) is 9.80 Å². The van der Waals surface area contributed by atoms with E-state index in [1.807, 2.05) is 0 Å². The summed E-state index contributed by atoms with van der Waals surface area (Å²) in [6, 6.07) is 2.12. The molecule has 3 heteroatoms. The first-order valence-corrected chi connectivity index (χ1v) is 8.98. The smallest absolute Gasteiger partial charge is 0.0253 e. The Morgan fingerprint density at radius 2 is 1.62 bits per heavy atom. The summed E-state index contributed by atoms with van der Waals surface area (Å²) in [6.07, 6.45) is 4.10. The van der Waals surface area contributed by atoms with Gasteiger partial charge >= 0.3 is 0 Å². The molecule has 3 unspecified atom stereocenters. The zero-order chi connectivity index (χ0) is 15.6. The third-order valence-corrected chi connectivity index (χ3v) is 5.96. The molecule has 0 aromatic rings. The van der Waals surface area contributed by atoms with Gasteiger partial charge in [0.2, 0.25) is 0 Å². The molecule has 0 amide bonds. The summed E-state index contributed by atoms with van der Waals surface area (Å²) >= 11 is 0. The molecule has 1 heterocycles. The minimum absolute atomic E-state index is 0.455. The Kier molecular flexibility index (Phi) is 5.72. The van der Waals surface area contributed by atoms with E-state index in [9.17, 15) is 0 Å². The molecular weight excluding hydrogens is 258 g/mol. The van der Waals surface area contributed by atoms with Crippen molar-refractivity contribution in [1.82, 2.24) is 15.1 Å². The fourth-order valence-electron chi connectivity index (χ4n) is 4.26. The largest absolute Gasteiger partial charge is 0.315 e. The third kappa shape index (κ3) is 4.20. The SMILES string of the molecule is CNC1CCC(C(C)(C)C)CC1N1CCN(C(C)C)CC1. The van der Waals surface area contributed by atoms with E-state index in [4.69, 9.17) is 0 Å². The highest BCUT2D eigenvalue weighted by Gasteiger charge is 2.38. The van der Waals surface area contributed by atoms with E-state index >= 15 is 0 Å². The van der Waals surface area contributed by atoms with Gasteiger partial charge in [-0.25, -0.2) is 0 Å². The lowest BCUT2D eigenvalue weighted by Gasteiger charge is -2.49. The van der Waals surface area contributed by atoms with Crippen LogP contribution in [0.2, 0.25) is 0 Å². The molecule has 0 aromatic carbocycles. The van der Waals surface area contributed by atoms with Gasteiger partial charge in [-0.15, -0.1) is 0 Å². The number of likely N-dealkylation sites (N-methyl/N-ethyl adjacent to an activating group) is 1. The van der Waals surface area contributed by atoms with Crippen molar-refractivity contribution in [1.29, 1.82) is 0 Å². The number of hydrogen-bond donors (Lipinski definition) is 1. The molecule has 2 rings (SSSR count). The van der Waals surface area contributed by atoms with Gasteiger partial charge in [-0.2, -0.15) is 0 Å². The van der Waals surface area contributed by atoms with Crippen LogP contribution in [0.5, 0.6) is 0 Å². The molecule has 0 bridgehead atoms. The Balaban J connectivity index is 1.98. The molecule has 2 aliphatic rings. The quantitative estimate of drug-likeness (QED) is 0.864. The Hall–Kier alpha value is -0.120. The Labute approximate surface area is 132 Å². The van der Waals surface area contributed by atoms with Gasteiger partial charge in [-0.05, 0) is 51.5 Å². The van der Waals surface area contributed by atoms with Crippen molar-refractivity contribution in [3.05, 3.63) is 0 Å². The molecule has 1 saturated heterocycles. The Morgan fingerprint density at radius 1 is 1.00 bits per heavy atom. The normalized spacial score (nSPS) is 33.6. The van der Waals surface area contributed by atoms with Gasteiger partial charge in [-0.1, -0.05) is 20.8 Å². The molecule has 1 N–H and O–H groups in total. The average Bonchev–Trinajstić information content (AvgIpc) is 2.45. The molecule has 0 aromatic heterocycles. The first-order valence-electron chi connectivity index (χ1n) is 8.98. The van der Waals surface area contributed by atoms with E-state index in [-0.39, 0.29) is 0 Å². The second-order valence-corrected chi connectivity index (χ2v) is 8.50. The van der Waals surface area contributed by atoms with Crippen LogP contribution < -0.4 is 5.32 Å². The Bertz CT molecular complexity index is 313. The molecule has 1 aliphatic heterocycles. The summed E-state index contributed by atoms with van der Waals surface area (Å²) in [7, 11) is 2.15. The maximum atomic E-state index is 3.60. The zero-order valence-corrected chi connectivity index (χ0v) is 15.2. The van der Waals surface area contributed by atoms with Crippen LogP contribution >= 0.6 is 0 Å². The van der Waals surface area contributed by atoms with Gasteiger partial charge in [0.25, 0.3) is 0 Å². The number of rotatable bonds is 3. The maximum absolute atomic E-state index is 3.60. The highest BCUT2D eigenvalue weighted by Crippen LogP contribution is 2.39. The van der Waals surface area contributed by atoms with Crippen molar-refractivity contribution >= 4 is 0 Å². The van der Waals surface area contributed by atoms with Crippen molar-refractivity contribution in [2.45, 2.75) is 72.0 Å². The summed E-state index contributed by atoms with van der Waals surface area (Å²) in [6.45, 7) is 16.9. The lowest BCUT2D eigenvalue weighted by molar-refractivity contribution is 0.0213. The van der Waals surface area contributed by atoms with E-state index in [0.717, 1.165) is 12.0 Å². The van der Waals surface area contributed by atoms with Crippen molar-refractivity contribution in [2.24, 2.45) is 11.3 Å². The van der Waals surface area contributed by atoms with Crippen LogP contribution in [0.1, 0.15) is 53.9 Å². The first-order chi connectivity index (χ1) is 9.82. The van der Waals surface area contributed by atoms with E-state index in [2.05, 4.69) is 56.8 Å². The highest BCUT2D eigenvalue weighted by molar-refractivity contribution is 4.95. The van der Waals surface area contributed by atoms with Crippen molar-refractivity contribution in [2.75, 3.05) is 33.2 Å². The maximum Gasteiger partial charge on any atom is 0.0253 e. The van der Waals surface area contributed by atoms with E-state index in [1.165, 1.54) is 45.4 Å². The van der Waals surface area contributed by atoms with E-state index in [0.29, 0.717) is 17.5 Å². The number of piperazine rings is 1. The van der Waals surface area contributed by atoms with Crippen LogP contribution in [0, 0.1) is 11.3 Å². The molecule has 124 valence electrons. The lowest BCUT2D eigenvalue weighted by Crippen LogP contribution is -2.59. The zero-order valence-electron chi connectivity index (χ0n) is 15.2. The average molecular weight is 296 g/mol. The number of nitrogens with zero attached hydrogens (tertiary/aromatic N) is 2. The summed E-state index contributed by atoms with van der Waals surface area (Å²) in [5, 5.41) is 3.60. The van der Waals surface area contributed by atoms with Crippen molar-refractivity contribution in [3.63, 3.8) is 0 Å². The molecule has 3 atom stereocenters. The second kappa shape index (κ2) is 6.97. The molecule has 3 nitrogen and oxygen atoms in total. The highest BCUT2D eigenvalue weighted by atomic mass is 15.3. The number of hydrogen-bond acceptors (Lipinski definition) is 3. The van der Waals surface area contributed by atoms with Gasteiger partial charge in [0.1, 0.15) is 0 Å². The summed E-state index contributed by atoms with van der Waals surface area (Å²) in [5.74, 6) is 0.871. The molecule has 2 fully saturated rings. The van der Waals surface area contributed by atoms with Gasteiger partial charge < -0.3 is 5.32 Å². The molecule has 0 radical (unpaired) electrons. The number of nitrogens with one attached hydrogen (secondary N) is 1. The standard InChI is InChI=1S/C18H37N3/c1-14(2)20-9-11-21(12-10-20)17-13-15(18(3,4)5)7-8-16(17)19-6/h14-17,19H,7-13H2,1-6H3. The predicted octanol–water partition coefficient (Wildman–Crippen LogP) is 2.82. The van der Waals surface area contributed by atoms with E-state index in [1.54, 1.807) is 0 Å². The molecular formula is C18H37N3. The second-order valence-electron chi connectivity index (χ2n) is 8.50. The first kappa shape index (κ1) is 17.2. The van der Waals surface area contributed by atoms with Crippen LogP contribution in [-0.2, 0) is 0 Å². The van der Waals surface area contributed by atoms with E-state index < -0.39 is 0 Å². The minimum atomic E-state index is 0.455. The fraction of sp³-hybridized carbons (Fsp3) is 1.00. The molecule has 21 heavy (non-hydrogen) atoms. The van der Waals surface area contributed by atoms with Crippen LogP contribution in [-0.4, -0.2) is 61.2 Å². The summed E-state index contributed by atoms with van der Waals surface area (Å²) in [5.41, 5.74) is 0.455. The van der Waals surface area contributed by atoms with Gasteiger partial charge in [0.15, 0.2) is 0 Å². The molecule has 1 saturated carbocycles. The summed E-state index contributed by atoms with van der Waals surface area (Å²) < 4.78 is 0. The van der Waals surface area contributed by atoms with Gasteiger partial charge in [0, 0.05) is 44.3 Å². The van der Waals surface area contributed by atoms with Crippen LogP contribution in [0.3, 0.4) is 0 Å². The monoisotopic (exact) mass is 295 g/mol. The van der Waals surface area contributed by atoms with Crippen LogP contribution in [0.4, 0.5) is 0 Å². The topological polar surface area (TPSA) is 18.5 Å². The summed E-state index contributed by atoms with van der Waals surface area (Å²) in [4.78, 5) is 5.40. The van der Waals surface area contributed by atoms with Crippen molar-refractivity contribution < 1.29 is 0 Å². The third-order valence-electron chi connectivity index (χ3n) is 5.96. The lowest BCUT2D eigenvalue weighted by atomic mass is 9.69. The van der Waals surface area contributed by atoms with Crippen molar-refractivity contribution in [3.8, 4) is 0 Å². The fourth-order valence-corrected chi connectivity index (χ4v) is 4.26. The Morgan fingerprint density at radius 3 is 2.10 bits per heavy atom. The minimum Gasteiger partial charge on any atom is -0.315 e. The molecule has 0 spiro atoms. The van der Waals surface area contributed by atoms with Crippen LogP contribution in [0.25, 0.3) is 0 Å². The predicted molar refractivity (Wildman–Crippen MR) is 91.7 cm³/mol. The van der Waals surface area contributed by atoms with Crippen LogP contribution in [0.15, 0.2) is 0 Å². The molecule has 1 aliphatic carbocycles.